The Morgan fingerprint density at radius 3 is 0.650 bits per heavy atom. The van der Waals surface area contributed by atoms with Gasteiger partial charge in [-0.05, 0) is 51.0 Å². The molecule has 0 aromatic carbocycles. The van der Waals surface area contributed by atoms with Crippen LogP contribution in [0.15, 0.2) is 0 Å². The van der Waals surface area contributed by atoms with Gasteiger partial charge in [0, 0.05) is 0 Å². The van der Waals surface area contributed by atoms with Crippen LogP contribution in [-0.2, 0) is 0 Å². The van der Waals surface area contributed by atoms with Crippen molar-refractivity contribution >= 4 is 30.3 Å². The maximum Gasteiger partial charge on any atom is -0.00952 e. The third-order valence-corrected chi connectivity index (χ3v) is 22.9. The Balaban J connectivity index is 5.50. The largest absolute Gasteiger partial charge is 0.0556 e. The molecule has 0 saturated heterocycles. The van der Waals surface area contributed by atoms with Crippen LogP contribution >= 0.6 is 30.3 Å². The Kier molecular flexibility index (Phi) is 7.43. The Morgan fingerprint density at radius 1 is 0.400 bits per heavy atom. The van der Waals surface area contributed by atoms with Crippen LogP contribution < -0.4 is 0 Å². The van der Waals surface area contributed by atoms with E-state index < -0.39 is 0 Å². The van der Waals surface area contributed by atoms with Crippen LogP contribution in [0.2, 0.25) is 0 Å². The average molecular weight is 352 g/mol. The third-order valence-electron chi connectivity index (χ3n) is 2.76. The minimum atomic E-state index is 0.00650. The van der Waals surface area contributed by atoms with Crippen LogP contribution in [-0.4, -0.2) is 20.6 Å². The lowest BCUT2D eigenvalue weighted by Gasteiger charge is -2.41. The van der Waals surface area contributed by atoms with Gasteiger partial charge in [-0.2, -0.15) is 0 Å². The van der Waals surface area contributed by atoms with Crippen molar-refractivity contribution in [2.24, 2.45) is 0 Å². The topological polar surface area (TPSA) is 0 Å². The molecule has 0 aliphatic rings. The van der Waals surface area contributed by atoms with E-state index in [2.05, 4.69) is 83.1 Å². The molecule has 0 bridgehead atoms. The van der Waals surface area contributed by atoms with Crippen LogP contribution in [0.4, 0.5) is 0 Å². The van der Waals surface area contributed by atoms with Crippen molar-refractivity contribution in [3.63, 3.8) is 0 Å². The van der Waals surface area contributed by atoms with Gasteiger partial charge in [0.25, 0.3) is 0 Å². The molecular weight excluding hydrogens is 316 g/mol. The molecule has 0 unspecified atom stereocenters. The lowest BCUT2D eigenvalue weighted by Crippen LogP contribution is -2.22. The lowest BCUT2D eigenvalue weighted by atomic mass is 10.2. The second-order valence-corrected chi connectivity index (χ2v) is 23.2. The lowest BCUT2D eigenvalue weighted by molar-refractivity contribution is 0.719. The molecule has 0 aromatic heterocycles. The molecule has 20 heavy (non-hydrogen) atoms. The predicted octanol–water partition coefficient (Wildman–Crippen LogP) is 8.78. The zero-order valence-electron chi connectivity index (χ0n) is 15.8. The first-order valence-corrected chi connectivity index (χ1v) is 14.1. The maximum atomic E-state index is 2.43. The van der Waals surface area contributed by atoms with Crippen molar-refractivity contribution in [2.75, 3.05) is 0 Å². The van der Waals surface area contributed by atoms with Crippen LogP contribution in [0.25, 0.3) is 0 Å². The summed E-state index contributed by atoms with van der Waals surface area (Å²) in [6, 6.07) is 0. The molecular formula is C16H36P4. The zero-order chi connectivity index (χ0) is 16.6. The molecule has 0 N–H and O–H groups in total. The standard InChI is InChI=1S/C16H36P4/c1-13(2,3)19(14(4,5)6)17-18-20(15(7,8)9)16(10,11)12/h1-12H3. The van der Waals surface area contributed by atoms with Crippen molar-refractivity contribution in [2.45, 2.75) is 104 Å². The first-order chi connectivity index (χ1) is 8.47. The van der Waals surface area contributed by atoms with Crippen molar-refractivity contribution in [3.05, 3.63) is 0 Å². The van der Waals surface area contributed by atoms with E-state index in [0.717, 1.165) is 0 Å². The van der Waals surface area contributed by atoms with Crippen LogP contribution in [0, 0.1) is 0 Å². The summed E-state index contributed by atoms with van der Waals surface area (Å²) >= 11 is 0. The number of hydrogen-bond donors (Lipinski definition) is 0. The minimum absolute atomic E-state index is 0.00650. The quantitative estimate of drug-likeness (QED) is 0.436. The highest BCUT2D eigenvalue weighted by Gasteiger charge is 2.36. The minimum Gasteiger partial charge on any atom is -0.0556 e. The maximum absolute atomic E-state index is 2.43. The summed E-state index contributed by atoms with van der Waals surface area (Å²) < 4.78 is 0. The van der Waals surface area contributed by atoms with E-state index in [1.54, 1.807) is 15.1 Å². The van der Waals surface area contributed by atoms with Gasteiger partial charge in [0.1, 0.15) is 0 Å². The van der Waals surface area contributed by atoms with Gasteiger partial charge < -0.3 is 0 Å². The molecule has 4 heteroatoms. The van der Waals surface area contributed by atoms with E-state index >= 15 is 0 Å². The Morgan fingerprint density at radius 2 is 0.550 bits per heavy atom. The predicted molar refractivity (Wildman–Crippen MR) is 107 cm³/mol. The normalized spacial score (nSPS) is 15.7. The highest BCUT2D eigenvalue weighted by atomic mass is 32.4. The number of rotatable bonds is 2. The summed E-state index contributed by atoms with van der Waals surface area (Å²) in [4.78, 5) is 0. The first-order valence-electron chi connectivity index (χ1n) is 7.49. The summed E-state index contributed by atoms with van der Waals surface area (Å²) in [6.07, 6.45) is 0. The van der Waals surface area contributed by atoms with Crippen LogP contribution in [0.1, 0.15) is 83.1 Å². The van der Waals surface area contributed by atoms with Crippen molar-refractivity contribution < 1.29 is 0 Å². The molecule has 0 nitrogen and oxygen atoms in total. The SMILES string of the molecule is CC(C)(C)P(P=PP(C(C)(C)C)C(C)(C)C)C(C)(C)C. The summed E-state index contributed by atoms with van der Waals surface area (Å²) in [5.74, 6) is 0. The molecule has 0 aliphatic heterocycles. The monoisotopic (exact) mass is 352 g/mol. The average Bonchev–Trinajstić information content (AvgIpc) is 2.02. The van der Waals surface area contributed by atoms with Crippen molar-refractivity contribution in [1.82, 2.24) is 0 Å². The van der Waals surface area contributed by atoms with Gasteiger partial charge in [-0.1, -0.05) is 83.1 Å². The van der Waals surface area contributed by atoms with Crippen LogP contribution in [0.3, 0.4) is 0 Å². The molecule has 0 heterocycles. The summed E-state index contributed by atoms with van der Waals surface area (Å²) in [5, 5.41) is 1.77. The van der Waals surface area contributed by atoms with Crippen molar-refractivity contribution in [1.29, 1.82) is 0 Å². The highest BCUT2D eigenvalue weighted by Crippen LogP contribution is 2.79. The van der Waals surface area contributed by atoms with E-state index in [1.807, 2.05) is 0 Å². The Labute approximate surface area is 134 Å². The third kappa shape index (κ3) is 7.15. The van der Waals surface area contributed by atoms with Gasteiger partial charge in [-0.15, -0.1) is 0 Å². The molecule has 120 valence electrons. The van der Waals surface area contributed by atoms with Crippen molar-refractivity contribution in [3.8, 4) is 0 Å². The second-order valence-electron chi connectivity index (χ2n) is 9.49. The summed E-state index contributed by atoms with van der Waals surface area (Å²) in [7, 11) is 3.40. The van der Waals surface area contributed by atoms with E-state index in [-0.39, 0.29) is 15.2 Å². The zero-order valence-corrected chi connectivity index (χ0v) is 19.4. The molecule has 0 rings (SSSR count). The molecule has 0 radical (unpaired) electrons. The number of hydrogen-bond acceptors (Lipinski definition) is 0. The smallest absolute Gasteiger partial charge is 0.00952 e. The fourth-order valence-corrected chi connectivity index (χ4v) is 27.0. The summed E-state index contributed by atoms with van der Waals surface area (Å²) in [5.41, 5.74) is 0. The molecule has 0 aromatic rings. The van der Waals surface area contributed by atoms with E-state index in [4.69, 9.17) is 0 Å². The molecule has 0 fully saturated rings. The fourth-order valence-electron chi connectivity index (χ4n) is 2.63. The van der Waals surface area contributed by atoms with Gasteiger partial charge in [0.2, 0.25) is 0 Å². The Bertz CT molecular complexity index is 269. The van der Waals surface area contributed by atoms with Gasteiger partial charge in [0.05, 0.1) is 0 Å². The van der Waals surface area contributed by atoms with Crippen LogP contribution in [0.5, 0.6) is 0 Å². The molecule has 0 atom stereocenters. The Hall–Kier alpha value is 1.46. The highest BCUT2D eigenvalue weighted by molar-refractivity contribution is 8.48. The molecule has 0 spiro atoms. The first kappa shape index (κ1) is 21.5. The van der Waals surface area contributed by atoms with E-state index in [9.17, 15) is 0 Å². The molecule has 0 aliphatic carbocycles. The summed E-state index contributed by atoms with van der Waals surface area (Å²) in [6.45, 7) is 29.2. The fraction of sp³-hybridized carbons (Fsp3) is 1.00. The van der Waals surface area contributed by atoms with Gasteiger partial charge >= 0.3 is 0 Å². The van der Waals surface area contributed by atoms with Gasteiger partial charge in [-0.3, -0.25) is 0 Å². The van der Waals surface area contributed by atoms with Gasteiger partial charge in [0.15, 0.2) is 0 Å². The van der Waals surface area contributed by atoms with Gasteiger partial charge in [-0.25, -0.2) is 0 Å². The van der Waals surface area contributed by atoms with E-state index in [0.29, 0.717) is 20.6 Å². The molecule has 0 amide bonds. The second kappa shape index (κ2) is 6.92. The van der Waals surface area contributed by atoms with E-state index in [1.165, 1.54) is 0 Å². The molecule has 0 saturated carbocycles.